The standard InChI is InChI=1S/C23H26FNO3/c1-4-9-25(10-5-2)14-18-19(26)11-15(3)21-22(27)20(28-23(18)21)13-16-7-6-8-17(24)12-16/h6-8,11-13,26H,4-5,9-10,14H2,1-3H3/b20-13+. The maximum absolute atomic E-state index is 13.5. The van der Waals surface area contributed by atoms with E-state index in [0.29, 0.717) is 34.5 Å². The van der Waals surface area contributed by atoms with Gasteiger partial charge in [-0.3, -0.25) is 9.69 Å². The fraction of sp³-hybridized carbons (Fsp3) is 0.348. The summed E-state index contributed by atoms with van der Waals surface area (Å²) in [6.45, 7) is 8.32. The minimum atomic E-state index is -0.374. The molecule has 1 heterocycles. The van der Waals surface area contributed by atoms with Gasteiger partial charge < -0.3 is 9.84 Å². The highest BCUT2D eigenvalue weighted by Gasteiger charge is 2.33. The Balaban J connectivity index is 2.00. The number of phenolic OH excluding ortho intramolecular Hbond substituents is 1. The highest BCUT2D eigenvalue weighted by Crippen LogP contribution is 2.42. The van der Waals surface area contributed by atoms with E-state index in [9.17, 15) is 14.3 Å². The Hall–Kier alpha value is -2.66. The number of hydrogen-bond acceptors (Lipinski definition) is 4. The summed E-state index contributed by atoms with van der Waals surface area (Å²) in [5, 5.41) is 10.6. The van der Waals surface area contributed by atoms with E-state index >= 15 is 0 Å². The van der Waals surface area contributed by atoms with Crippen LogP contribution in [-0.2, 0) is 6.54 Å². The molecule has 0 bridgehead atoms. The van der Waals surface area contributed by atoms with Crippen LogP contribution >= 0.6 is 0 Å². The number of carbonyl (C=O) groups is 1. The van der Waals surface area contributed by atoms with Gasteiger partial charge in [0, 0.05) is 6.54 Å². The third-order valence-electron chi connectivity index (χ3n) is 4.83. The van der Waals surface area contributed by atoms with Crippen LogP contribution in [0.3, 0.4) is 0 Å². The monoisotopic (exact) mass is 383 g/mol. The third-order valence-corrected chi connectivity index (χ3v) is 4.83. The highest BCUT2D eigenvalue weighted by molar-refractivity contribution is 6.15. The van der Waals surface area contributed by atoms with Crippen molar-refractivity contribution in [1.82, 2.24) is 4.90 Å². The summed E-state index contributed by atoms with van der Waals surface area (Å²) in [6, 6.07) is 7.62. The van der Waals surface area contributed by atoms with Crippen LogP contribution in [0.25, 0.3) is 6.08 Å². The van der Waals surface area contributed by atoms with Crippen LogP contribution in [-0.4, -0.2) is 28.9 Å². The molecule has 2 aromatic carbocycles. The fourth-order valence-corrected chi connectivity index (χ4v) is 3.61. The number of fused-ring (bicyclic) bond motifs is 1. The zero-order valence-electron chi connectivity index (χ0n) is 16.6. The van der Waals surface area contributed by atoms with E-state index in [1.54, 1.807) is 31.2 Å². The van der Waals surface area contributed by atoms with E-state index in [0.717, 1.165) is 25.9 Å². The second kappa shape index (κ2) is 8.57. The lowest BCUT2D eigenvalue weighted by atomic mass is 9.99. The number of nitrogens with zero attached hydrogens (tertiary/aromatic N) is 1. The quantitative estimate of drug-likeness (QED) is 0.678. The van der Waals surface area contributed by atoms with E-state index in [-0.39, 0.29) is 23.1 Å². The zero-order chi connectivity index (χ0) is 20.3. The Labute approximate surface area is 165 Å². The van der Waals surface area contributed by atoms with Gasteiger partial charge in [0.2, 0.25) is 5.78 Å². The van der Waals surface area contributed by atoms with E-state index in [2.05, 4.69) is 18.7 Å². The molecule has 1 N–H and O–H groups in total. The number of Topliss-reactive ketones (excluding diaryl/α,β-unsaturated/α-hetero) is 1. The van der Waals surface area contributed by atoms with Gasteiger partial charge in [0.05, 0.1) is 11.1 Å². The van der Waals surface area contributed by atoms with Crippen LogP contribution in [0.2, 0.25) is 0 Å². The number of ketones is 1. The summed E-state index contributed by atoms with van der Waals surface area (Å²) in [6.07, 6.45) is 3.54. The van der Waals surface area contributed by atoms with Crippen molar-refractivity contribution in [2.24, 2.45) is 0 Å². The fourth-order valence-electron chi connectivity index (χ4n) is 3.61. The predicted octanol–water partition coefficient (Wildman–Crippen LogP) is 5.08. The summed E-state index contributed by atoms with van der Waals surface area (Å²) >= 11 is 0. The summed E-state index contributed by atoms with van der Waals surface area (Å²) in [5.74, 6) is 0.0841. The van der Waals surface area contributed by atoms with Crippen LogP contribution in [0, 0.1) is 12.7 Å². The molecule has 3 rings (SSSR count). The predicted molar refractivity (Wildman–Crippen MR) is 108 cm³/mol. The van der Waals surface area contributed by atoms with E-state index in [1.807, 2.05) is 0 Å². The Bertz CT molecular complexity index is 914. The Morgan fingerprint density at radius 3 is 2.54 bits per heavy atom. The number of rotatable bonds is 7. The molecule has 148 valence electrons. The average Bonchev–Trinajstić information content (AvgIpc) is 2.95. The molecule has 4 nitrogen and oxygen atoms in total. The second-order valence-electron chi connectivity index (χ2n) is 7.17. The molecule has 0 spiro atoms. The maximum atomic E-state index is 13.5. The topological polar surface area (TPSA) is 49.8 Å². The van der Waals surface area contributed by atoms with Crippen molar-refractivity contribution in [3.63, 3.8) is 0 Å². The van der Waals surface area contributed by atoms with Gasteiger partial charge in [0.25, 0.3) is 0 Å². The lowest BCUT2D eigenvalue weighted by molar-refractivity contribution is 0.101. The molecule has 0 fully saturated rings. The van der Waals surface area contributed by atoms with Gasteiger partial charge >= 0.3 is 0 Å². The van der Waals surface area contributed by atoms with Gasteiger partial charge in [-0.2, -0.15) is 0 Å². The van der Waals surface area contributed by atoms with Crippen molar-refractivity contribution in [1.29, 1.82) is 0 Å². The van der Waals surface area contributed by atoms with Crippen molar-refractivity contribution in [3.05, 3.63) is 64.2 Å². The Morgan fingerprint density at radius 2 is 1.89 bits per heavy atom. The molecule has 5 heteroatoms. The van der Waals surface area contributed by atoms with Crippen molar-refractivity contribution < 1.29 is 19.0 Å². The van der Waals surface area contributed by atoms with Crippen LogP contribution < -0.4 is 4.74 Å². The molecule has 1 aliphatic rings. The van der Waals surface area contributed by atoms with Crippen LogP contribution in [0.5, 0.6) is 11.5 Å². The molecule has 0 aromatic heterocycles. The third kappa shape index (κ3) is 4.09. The maximum Gasteiger partial charge on any atom is 0.232 e. The molecule has 1 aliphatic heterocycles. The molecule has 0 saturated heterocycles. The molecular weight excluding hydrogens is 357 g/mol. The molecule has 0 unspecified atom stereocenters. The number of aromatic hydroxyl groups is 1. The first kappa shape index (κ1) is 20.1. The van der Waals surface area contributed by atoms with Crippen molar-refractivity contribution >= 4 is 11.9 Å². The van der Waals surface area contributed by atoms with Crippen molar-refractivity contribution in [3.8, 4) is 11.5 Å². The van der Waals surface area contributed by atoms with E-state index in [4.69, 9.17) is 4.74 Å². The van der Waals surface area contributed by atoms with Gasteiger partial charge in [-0.25, -0.2) is 4.39 Å². The van der Waals surface area contributed by atoms with E-state index in [1.165, 1.54) is 12.1 Å². The second-order valence-corrected chi connectivity index (χ2v) is 7.17. The van der Waals surface area contributed by atoms with Crippen LogP contribution in [0.4, 0.5) is 4.39 Å². The minimum absolute atomic E-state index is 0.133. The number of carbonyl (C=O) groups excluding carboxylic acids is 1. The largest absolute Gasteiger partial charge is 0.507 e. The molecule has 2 aromatic rings. The van der Waals surface area contributed by atoms with E-state index < -0.39 is 0 Å². The summed E-state index contributed by atoms with van der Waals surface area (Å²) in [5.41, 5.74) is 2.32. The molecule has 0 amide bonds. The highest BCUT2D eigenvalue weighted by atomic mass is 19.1. The van der Waals surface area contributed by atoms with Gasteiger partial charge in [-0.05, 0) is 68.3 Å². The van der Waals surface area contributed by atoms with Gasteiger partial charge in [-0.15, -0.1) is 0 Å². The summed E-state index contributed by atoms with van der Waals surface area (Å²) < 4.78 is 19.4. The molecular formula is C23H26FNO3. The molecule has 0 saturated carbocycles. The Morgan fingerprint density at radius 1 is 1.18 bits per heavy atom. The number of hydrogen-bond donors (Lipinski definition) is 1. The molecule has 28 heavy (non-hydrogen) atoms. The average molecular weight is 383 g/mol. The first-order valence-corrected chi connectivity index (χ1v) is 9.72. The Kier molecular flexibility index (Phi) is 6.15. The number of ether oxygens (including phenoxy) is 1. The number of allylic oxidation sites excluding steroid dienone is 1. The lowest BCUT2D eigenvalue weighted by Crippen LogP contribution is -2.25. The van der Waals surface area contributed by atoms with Crippen LogP contribution in [0.15, 0.2) is 36.1 Å². The van der Waals surface area contributed by atoms with Crippen LogP contribution in [0.1, 0.15) is 53.7 Å². The van der Waals surface area contributed by atoms with Crippen molar-refractivity contribution in [2.45, 2.75) is 40.2 Å². The van der Waals surface area contributed by atoms with Gasteiger partial charge in [-0.1, -0.05) is 26.0 Å². The minimum Gasteiger partial charge on any atom is -0.507 e. The smallest absolute Gasteiger partial charge is 0.232 e. The van der Waals surface area contributed by atoms with Gasteiger partial charge in [0.1, 0.15) is 17.3 Å². The summed E-state index contributed by atoms with van der Waals surface area (Å²) in [4.78, 5) is 15.2. The summed E-state index contributed by atoms with van der Waals surface area (Å²) in [7, 11) is 0. The number of phenols is 1. The molecule has 0 aliphatic carbocycles. The normalized spacial score (nSPS) is 14.6. The first-order chi connectivity index (χ1) is 13.4. The lowest BCUT2D eigenvalue weighted by Gasteiger charge is -2.22. The zero-order valence-corrected chi connectivity index (χ0v) is 16.6. The SMILES string of the molecule is CCCN(CCC)Cc1c(O)cc(C)c2c1O/C(=C/c1cccc(F)c1)C2=O. The number of aryl methyl sites for hydroxylation is 1. The number of halogens is 1. The number of benzene rings is 2. The molecule has 0 radical (unpaired) electrons. The first-order valence-electron chi connectivity index (χ1n) is 9.72. The van der Waals surface area contributed by atoms with Gasteiger partial charge in [0.15, 0.2) is 5.76 Å². The van der Waals surface area contributed by atoms with Crippen molar-refractivity contribution in [2.75, 3.05) is 13.1 Å². The molecule has 0 atom stereocenters.